The lowest BCUT2D eigenvalue weighted by molar-refractivity contribution is 0.0952. The van der Waals surface area contributed by atoms with Gasteiger partial charge >= 0.3 is 0 Å². The topological polar surface area (TPSA) is 56.2 Å². The molecule has 26 heavy (non-hydrogen) atoms. The largest absolute Gasteiger partial charge is 0.488 e. The van der Waals surface area contributed by atoms with Crippen LogP contribution in [0.15, 0.2) is 71.5 Å². The molecular formula is C20H20BrN3O2. The fourth-order valence-electron chi connectivity index (χ4n) is 2.50. The van der Waals surface area contributed by atoms with E-state index >= 15 is 0 Å². The summed E-state index contributed by atoms with van der Waals surface area (Å²) >= 11 is 3.46. The van der Waals surface area contributed by atoms with Crippen LogP contribution in [0.25, 0.3) is 0 Å². The summed E-state index contributed by atoms with van der Waals surface area (Å²) in [5.41, 5.74) is 1.59. The van der Waals surface area contributed by atoms with Gasteiger partial charge in [0.05, 0.1) is 4.47 Å². The minimum Gasteiger partial charge on any atom is -0.488 e. The third-order valence-corrected chi connectivity index (χ3v) is 4.48. The Labute approximate surface area is 161 Å². The molecule has 0 saturated carbocycles. The van der Waals surface area contributed by atoms with Crippen molar-refractivity contribution >= 4 is 21.8 Å². The predicted octanol–water partition coefficient (Wildman–Crippen LogP) is 4.04. The number of carbonyl (C=O) groups is 1. The normalized spacial score (nSPS) is 10.5. The van der Waals surface area contributed by atoms with Crippen molar-refractivity contribution in [3.05, 3.63) is 82.6 Å². The van der Waals surface area contributed by atoms with Gasteiger partial charge in [0.1, 0.15) is 12.4 Å². The molecule has 6 heteroatoms. The molecule has 0 unspecified atom stereocenters. The number of benzene rings is 2. The Morgan fingerprint density at radius 3 is 2.85 bits per heavy atom. The Morgan fingerprint density at radius 2 is 2.04 bits per heavy atom. The van der Waals surface area contributed by atoms with Crippen molar-refractivity contribution in [1.82, 2.24) is 15.1 Å². The number of aryl methyl sites for hydroxylation is 1. The minimum absolute atomic E-state index is 0.0757. The summed E-state index contributed by atoms with van der Waals surface area (Å²) < 4.78 is 8.57. The lowest BCUT2D eigenvalue weighted by atomic mass is 10.1. The van der Waals surface area contributed by atoms with E-state index in [1.54, 1.807) is 6.20 Å². The highest BCUT2D eigenvalue weighted by Gasteiger charge is 2.07. The number of hydrogen-bond donors (Lipinski definition) is 1. The molecule has 0 saturated heterocycles. The van der Waals surface area contributed by atoms with Crippen LogP contribution in [0.2, 0.25) is 0 Å². The highest BCUT2D eigenvalue weighted by molar-refractivity contribution is 9.10. The summed E-state index contributed by atoms with van der Waals surface area (Å²) in [6, 6.07) is 17.1. The standard InChI is InChI=1S/C20H20BrN3O2/c21-18-8-1-2-9-19(18)26-15-16-6-3-7-17(14-16)20(25)22-10-4-12-24-13-5-11-23-24/h1-3,5-9,11,13-14H,4,10,12,15H2,(H,22,25). The number of rotatable bonds is 8. The average Bonchev–Trinajstić information content (AvgIpc) is 3.18. The maximum atomic E-state index is 12.3. The SMILES string of the molecule is O=C(NCCCn1cccn1)c1cccc(COc2ccccc2Br)c1. The van der Waals surface area contributed by atoms with Crippen LogP contribution in [0.4, 0.5) is 0 Å². The Balaban J connectivity index is 1.49. The number of hydrogen-bond acceptors (Lipinski definition) is 3. The zero-order valence-electron chi connectivity index (χ0n) is 14.3. The monoisotopic (exact) mass is 413 g/mol. The van der Waals surface area contributed by atoms with Crippen LogP contribution < -0.4 is 10.1 Å². The van der Waals surface area contributed by atoms with E-state index in [9.17, 15) is 4.79 Å². The van der Waals surface area contributed by atoms with Crippen molar-refractivity contribution in [3.8, 4) is 5.75 Å². The first kappa shape index (κ1) is 18.2. The molecule has 134 valence electrons. The Morgan fingerprint density at radius 1 is 1.15 bits per heavy atom. The molecular weight excluding hydrogens is 394 g/mol. The fraction of sp³-hybridized carbons (Fsp3) is 0.200. The first-order valence-corrected chi connectivity index (χ1v) is 9.23. The van der Waals surface area contributed by atoms with E-state index in [0.29, 0.717) is 18.7 Å². The molecule has 1 N–H and O–H groups in total. The van der Waals surface area contributed by atoms with E-state index in [2.05, 4.69) is 26.3 Å². The summed E-state index contributed by atoms with van der Waals surface area (Å²) in [7, 11) is 0. The molecule has 1 heterocycles. The van der Waals surface area contributed by atoms with Crippen molar-refractivity contribution in [2.45, 2.75) is 19.6 Å². The van der Waals surface area contributed by atoms with Gasteiger partial charge in [-0.1, -0.05) is 24.3 Å². The minimum atomic E-state index is -0.0757. The molecule has 5 nitrogen and oxygen atoms in total. The van der Waals surface area contributed by atoms with Crippen LogP contribution >= 0.6 is 15.9 Å². The lowest BCUT2D eigenvalue weighted by Crippen LogP contribution is -2.25. The predicted molar refractivity (Wildman–Crippen MR) is 104 cm³/mol. The number of ether oxygens (including phenoxy) is 1. The number of nitrogens with zero attached hydrogens (tertiary/aromatic N) is 2. The number of nitrogens with one attached hydrogen (secondary N) is 1. The number of para-hydroxylation sites is 1. The quantitative estimate of drug-likeness (QED) is 0.566. The van der Waals surface area contributed by atoms with Gasteiger partial charge in [0, 0.05) is 31.0 Å². The van der Waals surface area contributed by atoms with Gasteiger partial charge in [-0.15, -0.1) is 0 Å². The van der Waals surface area contributed by atoms with Crippen molar-refractivity contribution in [3.63, 3.8) is 0 Å². The van der Waals surface area contributed by atoms with Gasteiger partial charge in [-0.2, -0.15) is 5.10 Å². The third kappa shape index (κ3) is 5.20. The van der Waals surface area contributed by atoms with E-state index in [1.807, 2.05) is 65.5 Å². The molecule has 0 aliphatic heterocycles. The molecule has 0 atom stereocenters. The van der Waals surface area contributed by atoms with Crippen LogP contribution in [0, 0.1) is 0 Å². The molecule has 0 radical (unpaired) electrons. The smallest absolute Gasteiger partial charge is 0.251 e. The fourth-order valence-corrected chi connectivity index (χ4v) is 2.90. The first-order chi connectivity index (χ1) is 12.7. The third-order valence-electron chi connectivity index (χ3n) is 3.83. The molecule has 1 amide bonds. The van der Waals surface area contributed by atoms with E-state index in [0.717, 1.165) is 28.8 Å². The maximum absolute atomic E-state index is 12.3. The molecule has 3 aromatic rings. The molecule has 0 fully saturated rings. The summed E-state index contributed by atoms with van der Waals surface area (Å²) in [6.45, 7) is 1.80. The molecule has 3 rings (SSSR count). The van der Waals surface area contributed by atoms with E-state index in [1.165, 1.54) is 0 Å². The molecule has 0 aliphatic carbocycles. The maximum Gasteiger partial charge on any atom is 0.251 e. The summed E-state index contributed by atoms with van der Waals surface area (Å²) in [5.74, 6) is 0.703. The number of aromatic nitrogens is 2. The van der Waals surface area contributed by atoms with Gasteiger partial charge in [-0.3, -0.25) is 9.48 Å². The second-order valence-electron chi connectivity index (χ2n) is 5.80. The van der Waals surface area contributed by atoms with Crippen molar-refractivity contribution in [2.24, 2.45) is 0 Å². The van der Waals surface area contributed by atoms with Gasteiger partial charge in [-0.05, 0) is 58.2 Å². The Bertz CT molecular complexity index is 850. The first-order valence-electron chi connectivity index (χ1n) is 8.44. The summed E-state index contributed by atoms with van der Waals surface area (Å²) in [5, 5.41) is 7.08. The second-order valence-corrected chi connectivity index (χ2v) is 6.65. The lowest BCUT2D eigenvalue weighted by Gasteiger charge is -2.10. The van der Waals surface area contributed by atoms with Gasteiger partial charge in [-0.25, -0.2) is 0 Å². The van der Waals surface area contributed by atoms with E-state index in [4.69, 9.17) is 4.74 Å². The van der Waals surface area contributed by atoms with E-state index < -0.39 is 0 Å². The zero-order chi connectivity index (χ0) is 18.2. The number of halogens is 1. The summed E-state index contributed by atoms with van der Waals surface area (Å²) in [6.07, 6.45) is 4.49. The average molecular weight is 414 g/mol. The Hall–Kier alpha value is -2.60. The molecule has 2 aromatic carbocycles. The van der Waals surface area contributed by atoms with Crippen LogP contribution in [-0.4, -0.2) is 22.2 Å². The van der Waals surface area contributed by atoms with Crippen LogP contribution in [0.3, 0.4) is 0 Å². The number of carbonyl (C=O) groups excluding carboxylic acids is 1. The Kier molecular flexibility index (Phi) is 6.44. The summed E-state index contributed by atoms with van der Waals surface area (Å²) in [4.78, 5) is 12.3. The van der Waals surface area contributed by atoms with Gasteiger partial charge < -0.3 is 10.1 Å². The van der Waals surface area contributed by atoms with E-state index in [-0.39, 0.29) is 5.91 Å². The molecule has 0 bridgehead atoms. The molecule has 1 aromatic heterocycles. The van der Waals surface area contributed by atoms with Gasteiger partial charge in [0.2, 0.25) is 0 Å². The highest BCUT2D eigenvalue weighted by Crippen LogP contribution is 2.24. The van der Waals surface area contributed by atoms with Gasteiger partial charge in [0.15, 0.2) is 0 Å². The second kappa shape index (κ2) is 9.20. The van der Waals surface area contributed by atoms with Crippen LogP contribution in [-0.2, 0) is 13.2 Å². The van der Waals surface area contributed by atoms with Crippen LogP contribution in [0.1, 0.15) is 22.3 Å². The number of amides is 1. The van der Waals surface area contributed by atoms with Crippen molar-refractivity contribution in [2.75, 3.05) is 6.54 Å². The molecule has 0 aliphatic rings. The van der Waals surface area contributed by atoms with Crippen molar-refractivity contribution < 1.29 is 9.53 Å². The van der Waals surface area contributed by atoms with Crippen molar-refractivity contribution in [1.29, 1.82) is 0 Å². The van der Waals surface area contributed by atoms with Crippen LogP contribution in [0.5, 0.6) is 5.75 Å². The van der Waals surface area contributed by atoms with Gasteiger partial charge in [0.25, 0.3) is 5.91 Å². The molecule has 0 spiro atoms. The zero-order valence-corrected chi connectivity index (χ0v) is 15.9. The highest BCUT2D eigenvalue weighted by atomic mass is 79.9.